The van der Waals surface area contributed by atoms with Crippen LogP contribution in [0.4, 0.5) is 0 Å². The van der Waals surface area contributed by atoms with Crippen molar-refractivity contribution in [1.29, 1.82) is 0 Å². The lowest BCUT2D eigenvalue weighted by Crippen LogP contribution is -2.45. The quantitative estimate of drug-likeness (QED) is 0.763. The van der Waals surface area contributed by atoms with Crippen molar-refractivity contribution in [3.63, 3.8) is 0 Å². The van der Waals surface area contributed by atoms with Gasteiger partial charge in [0.05, 0.1) is 17.6 Å². The van der Waals surface area contributed by atoms with Crippen molar-refractivity contribution in [2.24, 2.45) is 0 Å². The summed E-state index contributed by atoms with van der Waals surface area (Å²) in [7, 11) is -2.31. The molecule has 0 radical (unpaired) electrons. The fraction of sp³-hybridized carbons (Fsp3) is 0.611. The largest absolute Gasteiger partial charge is 0.465 e. The van der Waals surface area contributed by atoms with E-state index in [9.17, 15) is 13.2 Å². The zero-order valence-electron chi connectivity index (χ0n) is 14.1. The number of rotatable bonds is 5. The first kappa shape index (κ1) is 17.4. The molecule has 0 saturated heterocycles. The van der Waals surface area contributed by atoms with Crippen molar-refractivity contribution < 1.29 is 17.9 Å². The predicted molar refractivity (Wildman–Crippen MR) is 91.3 cm³/mol. The van der Waals surface area contributed by atoms with E-state index in [1.54, 1.807) is 22.5 Å². The van der Waals surface area contributed by atoms with Gasteiger partial charge in [-0.25, -0.2) is 13.2 Å². The number of sulfonamides is 1. The maximum Gasteiger partial charge on any atom is 0.337 e. The summed E-state index contributed by atoms with van der Waals surface area (Å²) in [5.74, 6) is -0.514. The molecule has 0 amide bonds. The molecule has 1 aromatic rings. The topological polar surface area (TPSA) is 63.7 Å². The number of benzene rings is 1. The Morgan fingerprint density at radius 1 is 1.04 bits per heavy atom. The number of esters is 1. The fourth-order valence-electron chi connectivity index (χ4n) is 4.03. The molecule has 2 saturated carbocycles. The molecule has 0 heterocycles. The van der Waals surface area contributed by atoms with Crippen LogP contribution in [0.1, 0.15) is 61.7 Å². The third-order valence-corrected chi connectivity index (χ3v) is 7.20. The van der Waals surface area contributed by atoms with Crippen molar-refractivity contribution in [2.45, 2.75) is 68.3 Å². The van der Waals surface area contributed by atoms with E-state index in [1.807, 2.05) is 0 Å². The monoisotopic (exact) mass is 351 g/mol. The Morgan fingerprint density at radius 3 is 2.08 bits per heavy atom. The molecule has 3 rings (SSSR count). The summed E-state index contributed by atoms with van der Waals surface area (Å²) < 4.78 is 33.2. The summed E-state index contributed by atoms with van der Waals surface area (Å²) in [6, 6.07) is 6.41. The second-order valence-corrected chi connectivity index (χ2v) is 8.57. The highest BCUT2D eigenvalue weighted by Gasteiger charge is 2.39. The highest BCUT2D eigenvalue weighted by Crippen LogP contribution is 2.36. The van der Waals surface area contributed by atoms with Crippen LogP contribution in [0.15, 0.2) is 29.2 Å². The van der Waals surface area contributed by atoms with E-state index in [1.165, 1.54) is 13.2 Å². The van der Waals surface area contributed by atoms with Gasteiger partial charge in [-0.2, -0.15) is 4.31 Å². The summed E-state index contributed by atoms with van der Waals surface area (Å²) in [6.07, 6.45) is 8.10. The Kier molecular flexibility index (Phi) is 5.25. The van der Waals surface area contributed by atoms with E-state index < -0.39 is 16.0 Å². The van der Waals surface area contributed by atoms with Crippen LogP contribution in [0.2, 0.25) is 0 Å². The van der Waals surface area contributed by atoms with Crippen LogP contribution < -0.4 is 0 Å². The number of nitrogens with zero attached hydrogens (tertiary/aromatic N) is 1. The Labute approximate surface area is 144 Å². The Hall–Kier alpha value is -1.40. The molecule has 1 aromatic carbocycles. The van der Waals surface area contributed by atoms with E-state index in [0.717, 1.165) is 51.4 Å². The minimum atomic E-state index is -3.61. The number of hydrogen-bond donors (Lipinski definition) is 0. The van der Waals surface area contributed by atoms with Crippen molar-refractivity contribution in [3.8, 4) is 0 Å². The van der Waals surface area contributed by atoms with Crippen LogP contribution in [0.5, 0.6) is 0 Å². The minimum absolute atomic E-state index is 0.0971. The molecule has 132 valence electrons. The van der Waals surface area contributed by atoms with Gasteiger partial charge in [0.1, 0.15) is 0 Å². The SMILES string of the molecule is COC(=O)c1cccc(S(=O)(=O)N(C2CCCC2)C2CCCC2)c1. The Balaban J connectivity index is 1.97. The molecule has 0 bridgehead atoms. The molecule has 5 nitrogen and oxygen atoms in total. The van der Waals surface area contributed by atoms with Gasteiger partial charge < -0.3 is 4.74 Å². The average molecular weight is 351 g/mol. The smallest absolute Gasteiger partial charge is 0.337 e. The van der Waals surface area contributed by atoms with E-state index in [-0.39, 0.29) is 22.5 Å². The maximum atomic E-state index is 13.3. The molecule has 0 aliphatic heterocycles. The van der Waals surface area contributed by atoms with Crippen molar-refractivity contribution in [2.75, 3.05) is 7.11 Å². The van der Waals surface area contributed by atoms with Gasteiger partial charge in [-0.05, 0) is 43.9 Å². The van der Waals surface area contributed by atoms with Gasteiger partial charge in [-0.3, -0.25) is 0 Å². The second kappa shape index (κ2) is 7.23. The Bertz CT molecular complexity index is 673. The fourth-order valence-corrected chi connectivity index (χ4v) is 6.01. The van der Waals surface area contributed by atoms with Crippen LogP contribution >= 0.6 is 0 Å². The lowest BCUT2D eigenvalue weighted by Gasteiger charge is -2.33. The second-order valence-electron chi connectivity index (χ2n) is 6.73. The molecule has 0 spiro atoms. The van der Waals surface area contributed by atoms with E-state index in [4.69, 9.17) is 4.74 Å². The first-order valence-electron chi connectivity index (χ1n) is 8.76. The molecule has 0 atom stereocenters. The van der Waals surface area contributed by atoms with E-state index in [2.05, 4.69) is 0 Å². The van der Waals surface area contributed by atoms with Crippen molar-refractivity contribution in [1.82, 2.24) is 4.31 Å². The van der Waals surface area contributed by atoms with Gasteiger partial charge in [0.15, 0.2) is 0 Å². The highest BCUT2D eigenvalue weighted by atomic mass is 32.2. The first-order chi connectivity index (χ1) is 11.5. The molecule has 2 fully saturated rings. The number of methoxy groups -OCH3 is 1. The van der Waals surface area contributed by atoms with Gasteiger partial charge in [-0.15, -0.1) is 0 Å². The van der Waals surface area contributed by atoms with Gasteiger partial charge in [0, 0.05) is 12.1 Å². The molecule has 2 aliphatic carbocycles. The molecular weight excluding hydrogens is 326 g/mol. The van der Waals surface area contributed by atoms with Gasteiger partial charge in [0.2, 0.25) is 10.0 Å². The number of carbonyl (C=O) groups is 1. The highest BCUT2D eigenvalue weighted by molar-refractivity contribution is 7.89. The third kappa shape index (κ3) is 3.35. The first-order valence-corrected chi connectivity index (χ1v) is 10.2. The minimum Gasteiger partial charge on any atom is -0.465 e. The maximum absolute atomic E-state index is 13.3. The number of ether oxygens (including phenoxy) is 1. The van der Waals surface area contributed by atoms with Crippen molar-refractivity contribution in [3.05, 3.63) is 29.8 Å². The predicted octanol–water partition coefficient (Wildman–Crippen LogP) is 3.35. The molecule has 2 aliphatic rings. The van der Waals surface area contributed by atoms with Gasteiger partial charge in [-0.1, -0.05) is 31.7 Å². The van der Waals surface area contributed by atoms with Crippen LogP contribution in [-0.4, -0.2) is 37.9 Å². The summed E-state index contributed by atoms with van der Waals surface area (Å²) in [6.45, 7) is 0. The molecular formula is C18H25NO4S. The molecule has 0 unspecified atom stereocenters. The summed E-state index contributed by atoms with van der Waals surface area (Å²) in [4.78, 5) is 11.9. The van der Waals surface area contributed by atoms with Crippen LogP contribution in [0, 0.1) is 0 Å². The summed E-state index contributed by atoms with van der Waals surface area (Å²) in [5.41, 5.74) is 0.274. The van der Waals surface area contributed by atoms with Gasteiger partial charge in [0.25, 0.3) is 0 Å². The van der Waals surface area contributed by atoms with Crippen LogP contribution in [0.3, 0.4) is 0 Å². The molecule has 0 aromatic heterocycles. The van der Waals surface area contributed by atoms with Gasteiger partial charge >= 0.3 is 5.97 Å². The van der Waals surface area contributed by atoms with E-state index >= 15 is 0 Å². The number of carbonyl (C=O) groups excluding carboxylic acids is 1. The number of hydrogen-bond acceptors (Lipinski definition) is 4. The molecule has 6 heteroatoms. The zero-order chi connectivity index (χ0) is 17.2. The van der Waals surface area contributed by atoms with Crippen molar-refractivity contribution >= 4 is 16.0 Å². The molecule has 0 N–H and O–H groups in total. The third-order valence-electron chi connectivity index (χ3n) is 5.20. The summed E-state index contributed by atoms with van der Waals surface area (Å²) in [5, 5.41) is 0. The lowest BCUT2D eigenvalue weighted by atomic mass is 10.2. The zero-order valence-corrected chi connectivity index (χ0v) is 14.9. The Morgan fingerprint density at radius 2 is 1.58 bits per heavy atom. The molecule has 24 heavy (non-hydrogen) atoms. The standard InChI is InChI=1S/C18H25NO4S/c1-23-18(20)14-7-6-12-17(13-14)24(21,22)19(15-8-2-3-9-15)16-10-4-5-11-16/h6-7,12-13,15-16H,2-5,8-11H2,1H3. The normalized spacial score (nSPS) is 19.9. The summed E-state index contributed by atoms with van der Waals surface area (Å²) >= 11 is 0. The van der Waals surface area contributed by atoms with Crippen LogP contribution in [-0.2, 0) is 14.8 Å². The van der Waals surface area contributed by atoms with Crippen LogP contribution in [0.25, 0.3) is 0 Å². The average Bonchev–Trinajstić information content (AvgIpc) is 3.29. The lowest BCUT2D eigenvalue weighted by molar-refractivity contribution is 0.0600. The van der Waals surface area contributed by atoms with E-state index in [0.29, 0.717) is 0 Å².